The maximum absolute atomic E-state index is 5.91. The van der Waals surface area contributed by atoms with Crippen LogP contribution in [0.1, 0.15) is 0 Å². The monoisotopic (exact) mass is 258 g/mol. The molecule has 0 aromatic carbocycles. The molecule has 0 spiro atoms. The van der Waals surface area contributed by atoms with Gasteiger partial charge in [0.1, 0.15) is 0 Å². The van der Waals surface area contributed by atoms with Gasteiger partial charge in [-0.15, -0.1) is 46.4 Å². The summed E-state index contributed by atoms with van der Waals surface area (Å²) in [5.41, 5.74) is 0. The molecule has 0 aliphatic carbocycles. The number of hydrogen-bond acceptors (Lipinski definition) is 0. The van der Waals surface area contributed by atoms with Gasteiger partial charge in [0.15, 0.2) is 0 Å². The van der Waals surface area contributed by atoms with Crippen LogP contribution in [0.15, 0.2) is 0 Å². The second-order valence-electron chi connectivity index (χ2n) is 2.50. The van der Waals surface area contributed by atoms with Crippen molar-refractivity contribution in [2.75, 3.05) is 0 Å². The van der Waals surface area contributed by atoms with Crippen molar-refractivity contribution in [1.82, 2.24) is 0 Å². The molecule has 0 aromatic rings. The van der Waals surface area contributed by atoms with Crippen LogP contribution in [0, 0.1) is 0 Å². The predicted molar refractivity (Wildman–Crippen MR) is 57.7 cm³/mol. The quantitative estimate of drug-likeness (QED) is 0.458. The van der Waals surface area contributed by atoms with E-state index in [0.29, 0.717) is 0 Å². The van der Waals surface area contributed by atoms with Crippen LogP contribution in [0.5, 0.6) is 0 Å². The van der Waals surface area contributed by atoms with Crippen LogP contribution < -0.4 is 0 Å². The van der Waals surface area contributed by atoms with Gasteiger partial charge in [-0.25, -0.2) is 0 Å². The van der Waals surface area contributed by atoms with Crippen molar-refractivity contribution >= 4 is 91.2 Å². The zero-order valence-electron chi connectivity index (χ0n) is 5.24. The molecule has 4 unspecified atom stereocenters. The molecule has 60 valence electrons. The first-order chi connectivity index (χ1) is 4.63. The van der Waals surface area contributed by atoms with E-state index in [4.69, 9.17) is 46.4 Å². The van der Waals surface area contributed by atoms with Crippen molar-refractivity contribution in [3.05, 3.63) is 0 Å². The van der Waals surface area contributed by atoms with Crippen molar-refractivity contribution < 1.29 is 0 Å². The van der Waals surface area contributed by atoms with Crippen molar-refractivity contribution in [3.63, 3.8) is 0 Å². The van der Waals surface area contributed by atoms with Crippen LogP contribution in [0.3, 0.4) is 0 Å². The molecule has 1 saturated heterocycles. The summed E-state index contributed by atoms with van der Waals surface area (Å²) in [4.78, 5) is 0. The van der Waals surface area contributed by atoms with Crippen LogP contribution in [0.2, 0.25) is 5.28 Å². The van der Waals surface area contributed by atoms with Gasteiger partial charge in [-0.2, -0.15) is 0 Å². The van der Waals surface area contributed by atoms with E-state index >= 15 is 0 Å². The van der Waals surface area contributed by atoms with E-state index in [1.807, 2.05) is 0 Å². The zero-order chi connectivity index (χ0) is 7.72. The van der Waals surface area contributed by atoms with E-state index in [0.717, 1.165) is 5.28 Å². The van der Waals surface area contributed by atoms with Gasteiger partial charge < -0.3 is 0 Å². The molecule has 0 bridgehead atoms. The molecular formula is C5H8AlCl4Na. The first-order valence-corrected chi connectivity index (χ1v) is 6.75. The number of hydrogen-bond donors (Lipinski definition) is 0. The third-order valence-electron chi connectivity index (χ3n) is 1.71. The van der Waals surface area contributed by atoms with Gasteiger partial charge in [0, 0.05) is 9.62 Å². The summed E-state index contributed by atoms with van der Waals surface area (Å²) in [5.74, 6) is 0. The molecule has 4 atom stereocenters. The molecule has 11 heavy (non-hydrogen) atoms. The third kappa shape index (κ3) is 3.74. The molecule has 0 saturated carbocycles. The summed E-state index contributed by atoms with van der Waals surface area (Å²) < 4.78 is 0.124. The molecular weight excluding hydrogens is 252 g/mol. The Labute approximate surface area is 115 Å². The Morgan fingerprint density at radius 1 is 1.00 bits per heavy atom. The summed E-state index contributed by atoms with van der Waals surface area (Å²) in [6.07, 6.45) is 0. The first kappa shape index (κ1) is 13.7. The van der Waals surface area contributed by atoms with E-state index in [2.05, 4.69) is 0 Å². The van der Waals surface area contributed by atoms with Gasteiger partial charge in [0.25, 0.3) is 15.2 Å². The predicted octanol–water partition coefficient (Wildman–Crippen LogP) is 1.59. The van der Waals surface area contributed by atoms with E-state index in [1.54, 1.807) is 0 Å². The fraction of sp³-hybridized carbons (Fsp3) is 1.00. The Hall–Kier alpha value is 2.69. The first-order valence-electron chi connectivity index (χ1n) is 3.19. The fourth-order valence-corrected chi connectivity index (χ4v) is 5.10. The Morgan fingerprint density at radius 2 is 1.55 bits per heavy atom. The van der Waals surface area contributed by atoms with Crippen LogP contribution in [-0.2, 0) is 0 Å². The van der Waals surface area contributed by atoms with Crippen molar-refractivity contribution in [2.45, 2.75) is 25.7 Å². The molecule has 0 aromatic heterocycles. The SMILES string of the molecule is ClC1[CH2][AlH][CH](Cl)C(Cl)C1Cl.[NaH]. The average molecular weight is 260 g/mol. The Morgan fingerprint density at radius 3 is 2.00 bits per heavy atom. The Bertz CT molecular complexity index is 111. The van der Waals surface area contributed by atoms with Crippen LogP contribution in [-0.4, -0.2) is 65.1 Å². The minimum absolute atomic E-state index is 0. The minimum atomic E-state index is -0.277. The van der Waals surface area contributed by atoms with E-state index in [9.17, 15) is 0 Å². The van der Waals surface area contributed by atoms with Gasteiger partial charge in [-0.3, -0.25) is 0 Å². The van der Waals surface area contributed by atoms with Gasteiger partial charge in [0.2, 0.25) is 0 Å². The standard InChI is InChI=1S/C5H6Cl4.Al.Na.2H/c1-3(7)5(9)4(8)2-6;;;;/h2-5H,1H2;;;;. The summed E-state index contributed by atoms with van der Waals surface area (Å²) >= 11 is 23.3. The van der Waals surface area contributed by atoms with Crippen LogP contribution >= 0.6 is 46.4 Å². The van der Waals surface area contributed by atoms with E-state index in [1.165, 1.54) is 0 Å². The molecule has 0 N–H and O–H groups in total. The second kappa shape index (κ2) is 6.23. The summed E-state index contributed by atoms with van der Waals surface area (Å²) in [6, 6.07) is 0. The van der Waals surface area contributed by atoms with Gasteiger partial charge in [-0.05, 0) is 0 Å². The number of rotatable bonds is 0. The molecule has 1 aliphatic rings. The van der Waals surface area contributed by atoms with Gasteiger partial charge in [0.05, 0.1) is 10.8 Å². The number of alkyl halides is 4. The van der Waals surface area contributed by atoms with Crippen LogP contribution in [0.4, 0.5) is 0 Å². The van der Waals surface area contributed by atoms with Crippen molar-refractivity contribution in [3.8, 4) is 0 Å². The summed E-state index contributed by atoms with van der Waals surface area (Å²) in [7, 11) is 0. The van der Waals surface area contributed by atoms with Crippen molar-refractivity contribution in [2.24, 2.45) is 0 Å². The van der Waals surface area contributed by atoms with Gasteiger partial charge >= 0.3 is 29.6 Å². The molecule has 1 aliphatic heterocycles. The molecule has 1 fully saturated rings. The van der Waals surface area contributed by atoms with Crippen molar-refractivity contribution in [1.29, 1.82) is 0 Å². The molecule has 6 heteroatoms. The third-order valence-corrected chi connectivity index (χ3v) is 7.35. The zero-order valence-corrected chi connectivity index (χ0v) is 9.67. The molecule has 1 rings (SSSR count). The molecule has 1 heterocycles. The average Bonchev–Trinajstić information content (AvgIpc) is 1.93. The molecule has 0 nitrogen and oxygen atoms in total. The molecule has 0 amide bonds. The topological polar surface area (TPSA) is 0 Å². The summed E-state index contributed by atoms with van der Waals surface area (Å²) in [6.45, 7) is 0. The van der Waals surface area contributed by atoms with E-state index in [-0.39, 0.29) is 65.1 Å². The van der Waals surface area contributed by atoms with Gasteiger partial charge in [-0.1, -0.05) is 5.28 Å². The second-order valence-corrected chi connectivity index (χ2v) is 7.18. The van der Waals surface area contributed by atoms with E-state index < -0.39 is 0 Å². The van der Waals surface area contributed by atoms with Crippen LogP contribution in [0.25, 0.3) is 0 Å². The summed E-state index contributed by atoms with van der Waals surface area (Å²) in [5, 5.41) is 0.789. The number of halogens is 4. The normalized spacial score (nSPS) is 44.0. The Kier molecular flexibility index (Phi) is 7.75. The fourth-order valence-electron chi connectivity index (χ4n) is 1.04. The Balaban J connectivity index is 0.000001000. The molecule has 0 radical (unpaired) electrons. The maximum atomic E-state index is 5.91.